The van der Waals surface area contributed by atoms with E-state index in [4.69, 9.17) is 4.98 Å². The van der Waals surface area contributed by atoms with Crippen LogP contribution in [0.15, 0.2) is 48.7 Å². The smallest absolute Gasteiger partial charge is 0.238 e. The van der Waals surface area contributed by atoms with E-state index in [2.05, 4.69) is 50.3 Å². The molecule has 0 spiro atoms. The maximum absolute atomic E-state index is 14.1. The summed E-state index contributed by atoms with van der Waals surface area (Å²) in [6.45, 7) is 5.94. The normalized spacial score (nSPS) is 15.1. The van der Waals surface area contributed by atoms with Crippen LogP contribution in [-0.2, 0) is 0 Å². The fraction of sp³-hybridized carbons (Fsp3) is 0.273. The highest BCUT2D eigenvalue weighted by molar-refractivity contribution is 5.85. The molecule has 1 fully saturated rings. The van der Waals surface area contributed by atoms with Crippen molar-refractivity contribution >= 4 is 16.7 Å². The third-order valence-electron chi connectivity index (χ3n) is 5.64. The third kappa shape index (κ3) is 3.29. The van der Waals surface area contributed by atoms with E-state index in [0.29, 0.717) is 5.69 Å². The van der Waals surface area contributed by atoms with Crippen molar-refractivity contribution in [1.29, 1.82) is 0 Å². The van der Waals surface area contributed by atoms with Crippen LogP contribution >= 0.6 is 0 Å². The number of likely N-dealkylation sites (N-methyl/N-ethyl adjacent to an activating group) is 1. The first kappa shape index (κ1) is 18.6. The van der Waals surface area contributed by atoms with Crippen LogP contribution in [0.2, 0.25) is 0 Å². The van der Waals surface area contributed by atoms with Gasteiger partial charge >= 0.3 is 0 Å². The predicted octanol–water partition coefficient (Wildman–Crippen LogP) is 3.08. The second kappa shape index (κ2) is 7.46. The van der Waals surface area contributed by atoms with Gasteiger partial charge in [-0.1, -0.05) is 11.3 Å². The average Bonchev–Trinajstić information content (AvgIpc) is 3.15. The van der Waals surface area contributed by atoms with Crippen molar-refractivity contribution in [2.75, 3.05) is 38.1 Å². The molecule has 1 aliphatic heterocycles. The third-order valence-corrected chi connectivity index (χ3v) is 5.64. The lowest BCUT2D eigenvalue weighted by molar-refractivity contribution is 0.312. The second-order valence-corrected chi connectivity index (χ2v) is 7.62. The van der Waals surface area contributed by atoms with Crippen LogP contribution in [0.1, 0.15) is 5.69 Å². The second-order valence-electron chi connectivity index (χ2n) is 7.62. The summed E-state index contributed by atoms with van der Waals surface area (Å²) in [6, 6.07) is 13.5. The summed E-state index contributed by atoms with van der Waals surface area (Å²) in [7, 11) is 2.15. The zero-order chi connectivity index (χ0) is 20.7. The Hall–Kier alpha value is -3.39. The van der Waals surface area contributed by atoms with E-state index in [-0.39, 0.29) is 5.69 Å². The Morgan fingerprint density at radius 2 is 1.83 bits per heavy atom. The zero-order valence-electron chi connectivity index (χ0n) is 17.0. The molecule has 4 heterocycles. The van der Waals surface area contributed by atoms with Gasteiger partial charge in [0.1, 0.15) is 17.2 Å². The number of anilines is 1. The van der Waals surface area contributed by atoms with Gasteiger partial charge in [0.2, 0.25) is 5.95 Å². The van der Waals surface area contributed by atoms with Gasteiger partial charge in [0.25, 0.3) is 0 Å². The predicted molar refractivity (Wildman–Crippen MR) is 114 cm³/mol. The number of rotatable bonds is 3. The summed E-state index contributed by atoms with van der Waals surface area (Å²) in [4.78, 5) is 13.2. The van der Waals surface area contributed by atoms with Crippen molar-refractivity contribution in [2.24, 2.45) is 0 Å². The summed E-state index contributed by atoms with van der Waals surface area (Å²) < 4.78 is 15.6. The van der Waals surface area contributed by atoms with E-state index in [9.17, 15) is 4.39 Å². The Morgan fingerprint density at radius 1 is 1.00 bits per heavy atom. The average molecular weight is 403 g/mol. The Morgan fingerprint density at radius 3 is 2.63 bits per heavy atom. The van der Waals surface area contributed by atoms with Crippen LogP contribution in [0.25, 0.3) is 27.8 Å². The molecular weight excluding hydrogens is 381 g/mol. The number of hydrogen-bond acceptors (Lipinski definition) is 6. The number of nitrogens with zero attached hydrogens (tertiary/aromatic N) is 7. The zero-order valence-corrected chi connectivity index (χ0v) is 17.0. The standard InChI is InChI=1S/C22H22FN7/c1-15-21(26-27-30(15)19-4-3-9-24-22(19)23)17-5-7-18-16(14-17)6-8-20(25-18)29-12-10-28(2)11-13-29/h3-9,14H,10-13H2,1-2H3. The van der Waals surface area contributed by atoms with Gasteiger partial charge in [-0.25, -0.2) is 14.6 Å². The molecule has 1 aliphatic rings. The van der Waals surface area contributed by atoms with Crippen molar-refractivity contribution in [2.45, 2.75) is 6.92 Å². The van der Waals surface area contributed by atoms with Crippen LogP contribution in [0.4, 0.5) is 10.2 Å². The molecular formula is C22H22FN7. The minimum absolute atomic E-state index is 0.285. The van der Waals surface area contributed by atoms with Gasteiger partial charge in [0.05, 0.1) is 11.2 Å². The molecule has 0 atom stereocenters. The highest BCUT2D eigenvalue weighted by atomic mass is 19.1. The van der Waals surface area contributed by atoms with Gasteiger partial charge in [0, 0.05) is 43.3 Å². The molecule has 0 amide bonds. The monoisotopic (exact) mass is 403 g/mol. The van der Waals surface area contributed by atoms with E-state index in [0.717, 1.165) is 54.2 Å². The number of benzene rings is 1. The van der Waals surface area contributed by atoms with Crippen molar-refractivity contribution in [3.05, 3.63) is 60.3 Å². The number of piperazine rings is 1. The lowest BCUT2D eigenvalue weighted by atomic mass is 10.1. The lowest BCUT2D eigenvalue weighted by Gasteiger charge is -2.33. The summed E-state index contributed by atoms with van der Waals surface area (Å²) >= 11 is 0. The molecule has 7 nitrogen and oxygen atoms in total. The SMILES string of the molecule is Cc1c(-c2ccc3nc(N4CCN(C)CC4)ccc3c2)nnn1-c1cccnc1F. The fourth-order valence-electron chi connectivity index (χ4n) is 3.83. The van der Waals surface area contributed by atoms with Crippen molar-refractivity contribution < 1.29 is 4.39 Å². The Bertz CT molecular complexity index is 1210. The van der Waals surface area contributed by atoms with E-state index >= 15 is 0 Å². The maximum atomic E-state index is 14.1. The van der Waals surface area contributed by atoms with E-state index in [1.807, 2.05) is 19.1 Å². The molecule has 1 saturated heterocycles. The van der Waals surface area contributed by atoms with Gasteiger partial charge < -0.3 is 9.80 Å². The Kier molecular flexibility index (Phi) is 4.63. The topological polar surface area (TPSA) is 63.0 Å². The molecule has 1 aromatic carbocycles. The van der Waals surface area contributed by atoms with E-state index < -0.39 is 5.95 Å². The van der Waals surface area contributed by atoms with E-state index in [1.54, 1.807) is 12.1 Å². The fourth-order valence-corrected chi connectivity index (χ4v) is 3.83. The summed E-state index contributed by atoms with van der Waals surface area (Å²) in [5.41, 5.74) is 3.61. The van der Waals surface area contributed by atoms with Gasteiger partial charge in [-0.2, -0.15) is 4.39 Å². The lowest BCUT2D eigenvalue weighted by Crippen LogP contribution is -2.44. The molecule has 152 valence electrons. The molecule has 3 aromatic heterocycles. The molecule has 4 aromatic rings. The van der Waals surface area contributed by atoms with Crippen molar-refractivity contribution in [3.63, 3.8) is 0 Å². The molecule has 0 unspecified atom stereocenters. The van der Waals surface area contributed by atoms with Crippen LogP contribution in [-0.4, -0.2) is 63.1 Å². The quantitative estimate of drug-likeness (QED) is 0.490. The van der Waals surface area contributed by atoms with Crippen molar-refractivity contribution in [1.82, 2.24) is 29.9 Å². The largest absolute Gasteiger partial charge is 0.354 e. The van der Waals surface area contributed by atoms with Gasteiger partial charge in [-0.05, 0) is 50.4 Å². The summed E-state index contributed by atoms with van der Waals surface area (Å²) in [5, 5.41) is 9.47. The maximum Gasteiger partial charge on any atom is 0.238 e. The van der Waals surface area contributed by atoms with E-state index in [1.165, 1.54) is 10.9 Å². The number of aromatic nitrogens is 5. The molecule has 0 N–H and O–H groups in total. The van der Waals surface area contributed by atoms with Gasteiger partial charge in [-0.3, -0.25) is 0 Å². The molecule has 0 aliphatic carbocycles. The van der Waals surface area contributed by atoms with Gasteiger partial charge in [-0.15, -0.1) is 5.10 Å². The number of pyridine rings is 2. The van der Waals surface area contributed by atoms with Gasteiger partial charge in [0.15, 0.2) is 0 Å². The number of hydrogen-bond donors (Lipinski definition) is 0. The molecule has 8 heteroatoms. The van der Waals surface area contributed by atoms with Crippen LogP contribution < -0.4 is 4.90 Å². The molecule has 5 rings (SSSR count). The van der Waals surface area contributed by atoms with Crippen LogP contribution in [0, 0.1) is 12.9 Å². The Labute approximate surface area is 173 Å². The summed E-state index contributed by atoms with van der Waals surface area (Å²) in [6.07, 6.45) is 1.42. The molecule has 0 bridgehead atoms. The van der Waals surface area contributed by atoms with Crippen LogP contribution in [0.3, 0.4) is 0 Å². The molecule has 30 heavy (non-hydrogen) atoms. The van der Waals surface area contributed by atoms with Crippen molar-refractivity contribution in [3.8, 4) is 16.9 Å². The minimum atomic E-state index is -0.573. The highest BCUT2D eigenvalue weighted by Crippen LogP contribution is 2.27. The first-order valence-electron chi connectivity index (χ1n) is 9.98. The van der Waals surface area contributed by atoms with Crippen LogP contribution in [0.5, 0.6) is 0 Å². The number of fused-ring (bicyclic) bond motifs is 1. The minimum Gasteiger partial charge on any atom is -0.354 e. The molecule has 0 saturated carbocycles. The highest BCUT2D eigenvalue weighted by Gasteiger charge is 2.17. The number of halogens is 1. The molecule has 0 radical (unpaired) electrons. The first-order valence-corrected chi connectivity index (χ1v) is 9.98. The Balaban J connectivity index is 1.47. The summed E-state index contributed by atoms with van der Waals surface area (Å²) in [5.74, 6) is 0.439. The first-order chi connectivity index (χ1) is 14.6.